The molecule has 0 aliphatic heterocycles. The molecule has 0 bridgehead atoms. The van der Waals surface area contributed by atoms with Gasteiger partial charge in [0.15, 0.2) is 0 Å². The zero-order chi connectivity index (χ0) is 16.9. The number of nitrogens with one attached hydrogen (secondary N) is 1. The standard InChI is InChI=1S/C20H25N3O/c1-15(2)23(14-17-12-18(24-3)8-10-21-17)11-9-16-13-22-20-7-5-4-6-19(16)20/h4-8,10,12-13,15,22H,9,11,14H2,1-3H3. The lowest BCUT2D eigenvalue weighted by molar-refractivity contribution is 0.213. The Labute approximate surface area is 143 Å². The molecule has 2 heterocycles. The number of hydrogen-bond acceptors (Lipinski definition) is 3. The number of H-pyrrole nitrogens is 1. The highest BCUT2D eigenvalue weighted by Gasteiger charge is 2.13. The van der Waals surface area contributed by atoms with Gasteiger partial charge in [0.1, 0.15) is 5.75 Å². The van der Waals surface area contributed by atoms with Crippen molar-refractivity contribution in [3.8, 4) is 5.75 Å². The van der Waals surface area contributed by atoms with Gasteiger partial charge in [0.05, 0.1) is 12.8 Å². The van der Waals surface area contributed by atoms with Crippen molar-refractivity contribution in [3.05, 3.63) is 60.0 Å². The number of aromatic amines is 1. The van der Waals surface area contributed by atoms with Crippen LogP contribution in [0.4, 0.5) is 0 Å². The summed E-state index contributed by atoms with van der Waals surface area (Å²) >= 11 is 0. The molecule has 3 rings (SSSR count). The Morgan fingerprint density at radius 2 is 2.04 bits per heavy atom. The first-order valence-electron chi connectivity index (χ1n) is 8.45. The van der Waals surface area contributed by atoms with Gasteiger partial charge in [-0.15, -0.1) is 0 Å². The molecule has 1 aromatic carbocycles. The number of aromatic nitrogens is 2. The molecule has 0 unspecified atom stereocenters. The van der Waals surface area contributed by atoms with E-state index < -0.39 is 0 Å². The summed E-state index contributed by atoms with van der Waals surface area (Å²) in [5.41, 5.74) is 3.62. The Morgan fingerprint density at radius 3 is 2.83 bits per heavy atom. The summed E-state index contributed by atoms with van der Waals surface area (Å²) in [6.07, 6.45) is 4.96. The lowest BCUT2D eigenvalue weighted by Crippen LogP contribution is -2.32. The number of ether oxygens (including phenoxy) is 1. The van der Waals surface area contributed by atoms with E-state index in [0.29, 0.717) is 6.04 Å². The second-order valence-corrected chi connectivity index (χ2v) is 6.36. The minimum atomic E-state index is 0.461. The molecule has 0 aliphatic rings. The SMILES string of the molecule is COc1ccnc(CN(CCc2c[nH]c3ccccc23)C(C)C)c1. The topological polar surface area (TPSA) is 41.1 Å². The van der Waals surface area contributed by atoms with Crippen molar-refractivity contribution in [1.82, 2.24) is 14.9 Å². The summed E-state index contributed by atoms with van der Waals surface area (Å²) in [7, 11) is 1.69. The minimum Gasteiger partial charge on any atom is -0.497 e. The second-order valence-electron chi connectivity index (χ2n) is 6.36. The molecule has 126 valence electrons. The average Bonchev–Trinajstić information content (AvgIpc) is 3.02. The van der Waals surface area contributed by atoms with Crippen LogP contribution in [0.15, 0.2) is 48.8 Å². The van der Waals surface area contributed by atoms with Crippen molar-refractivity contribution >= 4 is 10.9 Å². The summed E-state index contributed by atoms with van der Waals surface area (Å²) < 4.78 is 5.30. The fraction of sp³-hybridized carbons (Fsp3) is 0.350. The van der Waals surface area contributed by atoms with E-state index in [9.17, 15) is 0 Å². The maximum absolute atomic E-state index is 5.30. The first-order chi connectivity index (χ1) is 11.7. The highest BCUT2D eigenvalue weighted by Crippen LogP contribution is 2.19. The van der Waals surface area contributed by atoms with Crippen LogP contribution < -0.4 is 4.74 Å². The highest BCUT2D eigenvalue weighted by molar-refractivity contribution is 5.83. The largest absolute Gasteiger partial charge is 0.497 e. The average molecular weight is 323 g/mol. The molecule has 0 saturated carbocycles. The zero-order valence-corrected chi connectivity index (χ0v) is 14.6. The van der Waals surface area contributed by atoms with E-state index in [0.717, 1.165) is 31.0 Å². The summed E-state index contributed by atoms with van der Waals surface area (Å²) in [5.74, 6) is 0.861. The van der Waals surface area contributed by atoms with Crippen LogP contribution in [0.25, 0.3) is 10.9 Å². The maximum atomic E-state index is 5.30. The van der Waals surface area contributed by atoms with E-state index in [1.54, 1.807) is 7.11 Å². The quantitative estimate of drug-likeness (QED) is 0.714. The van der Waals surface area contributed by atoms with Crippen LogP contribution in [-0.2, 0) is 13.0 Å². The molecular formula is C20H25N3O. The number of pyridine rings is 1. The summed E-state index contributed by atoms with van der Waals surface area (Å²) in [5, 5.41) is 1.32. The number of benzene rings is 1. The van der Waals surface area contributed by atoms with E-state index in [-0.39, 0.29) is 0 Å². The Kier molecular flexibility index (Phi) is 5.16. The molecule has 4 heteroatoms. The van der Waals surface area contributed by atoms with Crippen LogP contribution in [0.2, 0.25) is 0 Å². The highest BCUT2D eigenvalue weighted by atomic mass is 16.5. The second kappa shape index (κ2) is 7.49. The van der Waals surface area contributed by atoms with Crippen molar-refractivity contribution in [2.45, 2.75) is 32.9 Å². The molecule has 1 N–H and O–H groups in total. The molecule has 24 heavy (non-hydrogen) atoms. The minimum absolute atomic E-state index is 0.461. The lowest BCUT2D eigenvalue weighted by atomic mass is 10.1. The molecule has 4 nitrogen and oxygen atoms in total. The van der Waals surface area contributed by atoms with Crippen LogP contribution in [-0.4, -0.2) is 34.6 Å². The number of rotatable bonds is 7. The van der Waals surface area contributed by atoms with Gasteiger partial charge in [-0.1, -0.05) is 18.2 Å². The van der Waals surface area contributed by atoms with Crippen molar-refractivity contribution in [2.75, 3.05) is 13.7 Å². The van der Waals surface area contributed by atoms with Gasteiger partial charge in [0, 0.05) is 48.5 Å². The fourth-order valence-corrected chi connectivity index (χ4v) is 3.00. The van der Waals surface area contributed by atoms with Gasteiger partial charge in [-0.3, -0.25) is 9.88 Å². The lowest BCUT2D eigenvalue weighted by Gasteiger charge is -2.26. The molecule has 2 aromatic heterocycles. The van der Waals surface area contributed by atoms with Gasteiger partial charge in [0.2, 0.25) is 0 Å². The summed E-state index contributed by atoms with van der Waals surface area (Å²) in [6.45, 7) is 6.29. The van der Waals surface area contributed by atoms with Crippen molar-refractivity contribution < 1.29 is 4.74 Å². The van der Waals surface area contributed by atoms with Gasteiger partial charge >= 0.3 is 0 Å². The fourth-order valence-electron chi connectivity index (χ4n) is 3.00. The Bertz CT molecular complexity index is 794. The third-order valence-corrected chi connectivity index (χ3v) is 4.46. The third kappa shape index (κ3) is 3.77. The third-order valence-electron chi connectivity index (χ3n) is 4.46. The Morgan fingerprint density at radius 1 is 1.21 bits per heavy atom. The number of fused-ring (bicyclic) bond motifs is 1. The molecule has 0 fully saturated rings. The predicted octanol–water partition coefficient (Wildman–Crippen LogP) is 4.02. The van der Waals surface area contributed by atoms with E-state index >= 15 is 0 Å². The van der Waals surface area contributed by atoms with Crippen LogP contribution >= 0.6 is 0 Å². The number of hydrogen-bond donors (Lipinski definition) is 1. The van der Waals surface area contributed by atoms with Gasteiger partial charge in [-0.25, -0.2) is 0 Å². The van der Waals surface area contributed by atoms with Crippen LogP contribution in [0, 0.1) is 0 Å². The zero-order valence-electron chi connectivity index (χ0n) is 14.6. The van der Waals surface area contributed by atoms with Crippen molar-refractivity contribution in [1.29, 1.82) is 0 Å². The van der Waals surface area contributed by atoms with E-state index in [1.807, 2.05) is 18.3 Å². The van der Waals surface area contributed by atoms with Crippen molar-refractivity contribution in [3.63, 3.8) is 0 Å². The van der Waals surface area contributed by atoms with Crippen LogP contribution in [0.1, 0.15) is 25.1 Å². The van der Waals surface area contributed by atoms with Gasteiger partial charge in [-0.05, 0) is 38.0 Å². The number of nitrogens with zero attached hydrogens (tertiary/aromatic N) is 2. The Balaban J connectivity index is 1.70. The van der Waals surface area contributed by atoms with Gasteiger partial charge in [0.25, 0.3) is 0 Å². The normalized spacial score (nSPS) is 11.5. The summed E-state index contributed by atoms with van der Waals surface area (Å²) in [6, 6.07) is 12.8. The molecule has 3 aromatic rings. The van der Waals surface area contributed by atoms with Crippen LogP contribution in [0.3, 0.4) is 0 Å². The molecule has 0 saturated heterocycles. The molecule has 0 aliphatic carbocycles. The first kappa shape index (κ1) is 16.5. The van der Waals surface area contributed by atoms with Gasteiger partial charge < -0.3 is 9.72 Å². The molecule has 0 radical (unpaired) electrons. The van der Waals surface area contributed by atoms with Crippen LogP contribution in [0.5, 0.6) is 5.75 Å². The first-order valence-corrected chi connectivity index (χ1v) is 8.45. The number of methoxy groups -OCH3 is 1. The van der Waals surface area contributed by atoms with Gasteiger partial charge in [-0.2, -0.15) is 0 Å². The number of para-hydroxylation sites is 1. The smallest absolute Gasteiger partial charge is 0.122 e. The molecular weight excluding hydrogens is 298 g/mol. The monoisotopic (exact) mass is 323 g/mol. The Hall–Kier alpha value is -2.33. The maximum Gasteiger partial charge on any atom is 0.122 e. The molecule has 0 amide bonds. The summed E-state index contributed by atoms with van der Waals surface area (Å²) in [4.78, 5) is 10.3. The van der Waals surface area contributed by atoms with E-state index in [4.69, 9.17) is 4.74 Å². The van der Waals surface area contributed by atoms with E-state index in [1.165, 1.54) is 16.5 Å². The van der Waals surface area contributed by atoms with Crippen molar-refractivity contribution in [2.24, 2.45) is 0 Å². The predicted molar refractivity (Wildman–Crippen MR) is 98.3 cm³/mol. The molecule has 0 spiro atoms. The molecule has 0 atom stereocenters. The van der Waals surface area contributed by atoms with E-state index in [2.05, 4.69) is 59.2 Å².